The van der Waals surface area contributed by atoms with E-state index < -0.39 is 17.6 Å². The molecule has 1 heterocycles. The van der Waals surface area contributed by atoms with Crippen molar-refractivity contribution in [1.29, 1.82) is 0 Å². The molecule has 0 amide bonds. The number of hydrogen-bond donors (Lipinski definition) is 0. The molecule has 0 saturated carbocycles. The van der Waals surface area contributed by atoms with Gasteiger partial charge in [0.2, 0.25) is 0 Å². The summed E-state index contributed by atoms with van der Waals surface area (Å²) in [5.41, 5.74) is 1.74. The Balaban J connectivity index is 0.000000623. The van der Waals surface area contributed by atoms with Crippen LogP contribution in [0.25, 0.3) is 11.0 Å². The molecule has 1 aromatic heterocycles. The van der Waals surface area contributed by atoms with Gasteiger partial charge in [0.25, 0.3) is 0 Å². The molecule has 0 spiro atoms. The van der Waals surface area contributed by atoms with E-state index in [4.69, 9.17) is 0 Å². The van der Waals surface area contributed by atoms with Crippen molar-refractivity contribution in [3.05, 3.63) is 73.0 Å². The van der Waals surface area contributed by atoms with Gasteiger partial charge >= 0.3 is 29.0 Å². The summed E-state index contributed by atoms with van der Waals surface area (Å²) in [6.07, 6.45) is -0.787. The van der Waals surface area contributed by atoms with Gasteiger partial charge in [0.15, 0.2) is 0 Å². The summed E-state index contributed by atoms with van der Waals surface area (Å²) < 4.78 is 58.2. The zero-order chi connectivity index (χ0) is 27.5. The molecule has 0 saturated heterocycles. The third kappa shape index (κ3) is 10.3. The summed E-state index contributed by atoms with van der Waals surface area (Å²) in [6.45, 7) is 11.6. The monoisotopic (exact) mass is 564 g/mol. The molecule has 0 N–H and O–H groups in total. The van der Waals surface area contributed by atoms with Gasteiger partial charge < -0.3 is 32.3 Å². The second-order valence-corrected chi connectivity index (χ2v) is 8.61. The molecule has 0 aliphatic rings. The number of halogens is 4. The van der Waals surface area contributed by atoms with Gasteiger partial charge in [-0.1, -0.05) is 12.0 Å². The quantitative estimate of drug-likeness (QED) is 0.222. The number of anilines is 1. The fourth-order valence-electron chi connectivity index (χ4n) is 3.08. The second-order valence-electron chi connectivity index (χ2n) is 8.61. The minimum atomic E-state index is -4.56. The van der Waals surface area contributed by atoms with E-state index in [0.29, 0.717) is 19.2 Å². The molecule has 36 heavy (non-hydrogen) atoms. The van der Waals surface area contributed by atoms with Gasteiger partial charge in [0.05, 0.1) is 28.5 Å². The Kier molecular flexibility index (Phi) is 12.6. The van der Waals surface area contributed by atoms with Crippen molar-refractivity contribution in [3.63, 3.8) is 0 Å². The van der Waals surface area contributed by atoms with Crippen LogP contribution >= 0.6 is 0 Å². The third-order valence-corrected chi connectivity index (χ3v) is 4.71. The number of nitrogens with zero attached hydrogens (tertiary/aromatic N) is 3. The summed E-state index contributed by atoms with van der Waals surface area (Å²) in [6, 6.07) is 8.45. The molecule has 3 rings (SSSR count). The van der Waals surface area contributed by atoms with Crippen LogP contribution in [-0.2, 0) is 43.5 Å². The van der Waals surface area contributed by atoms with E-state index in [1.807, 2.05) is 41.1 Å². The van der Waals surface area contributed by atoms with E-state index in [2.05, 4.69) is 39.5 Å². The summed E-state index contributed by atoms with van der Waals surface area (Å²) in [5, 5.41) is 0. The van der Waals surface area contributed by atoms with Crippen LogP contribution in [0.2, 0.25) is 0 Å². The normalized spacial score (nSPS) is 11.2. The average Bonchev–Trinajstić information content (AvgIpc) is 3.17. The zero-order valence-corrected chi connectivity index (χ0v) is 22.4. The number of imidazole rings is 1. The molecular formula is C25H28F4N3NiO2Si-3. The van der Waals surface area contributed by atoms with Crippen LogP contribution in [0.5, 0.6) is 0 Å². The van der Waals surface area contributed by atoms with Crippen LogP contribution in [0.4, 0.5) is 23.2 Å². The first-order valence-corrected chi connectivity index (χ1v) is 12.5. The molecule has 0 fully saturated rings. The Morgan fingerprint density at radius 2 is 1.86 bits per heavy atom. The van der Waals surface area contributed by atoms with Crippen molar-refractivity contribution in [2.75, 3.05) is 18.0 Å². The maximum absolute atomic E-state index is 13.5. The fraction of sp³-hybridized carbons (Fsp3) is 0.360. The summed E-state index contributed by atoms with van der Waals surface area (Å²) in [7, 11) is 4.50. The van der Waals surface area contributed by atoms with Gasteiger partial charge in [0, 0.05) is 12.7 Å². The first kappa shape index (κ1) is 31.6. The topological polar surface area (TPSA) is 47.4 Å². The number of fused-ring (bicyclic) bond motifs is 1. The molecule has 0 aliphatic carbocycles. The number of alkyl halides is 3. The standard InChI is InChI=1S/C20H19F4N3.C5H9O2.Ni.Si/c1-3-27(17-6-7-18-19(12-17)26(2)13-25-18)8-4-5-14-9-15(20(22,23)24)11-16(21)10-14;1-5(2,3)7-4-6;;/h4,6-7,9-13H,1,3,5,8H2,2H3;1-3H3;;/q-2;-1;;. The average molecular weight is 565 g/mol. The van der Waals surface area contributed by atoms with E-state index in [1.165, 1.54) is 6.47 Å². The number of aromatic nitrogens is 2. The van der Waals surface area contributed by atoms with E-state index in [-0.39, 0.29) is 17.6 Å². The van der Waals surface area contributed by atoms with Crippen molar-refractivity contribution < 1.29 is 41.5 Å². The Labute approximate surface area is 219 Å². The van der Waals surface area contributed by atoms with Crippen LogP contribution in [-0.4, -0.2) is 43.2 Å². The first-order valence-electron chi connectivity index (χ1n) is 10.7. The first-order chi connectivity index (χ1) is 16.8. The van der Waals surface area contributed by atoms with E-state index in [1.54, 1.807) is 27.1 Å². The molecule has 2 radical (unpaired) electrons. The summed E-state index contributed by atoms with van der Waals surface area (Å²) in [5.74, 6) is -0.885. The fourth-order valence-corrected chi connectivity index (χ4v) is 3.08. The number of benzene rings is 2. The van der Waals surface area contributed by atoms with Crippen LogP contribution in [0, 0.1) is 19.2 Å². The molecule has 5 nitrogen and oxygen atoms in total. The number of ether oxygens (including phenoxy) is 1. The minimum absolute atomic E-state index is 0.227. The van der Waals surface area contributed by atoms with Gasteiger partial charge in [-0.2, -0.15) is 19.6 Å². The molecule has 0 atom stereocenters. The zero-order valence-electron chi connectivity index (χ0n) is 20.4. The number of hydrogen-bond acceptors (Lipinski definition) is 4. The Hall–Kier alpha value is -2.39. The molecule has 11 heteroatoms. The second kappa shape index (κ2) is 14.4. The molecule has 2 aromatic carbocycles. The Morgan fingerprint density at radius 3 is 2.39 bits per heavy atom. The number of aryl methyl sites for hydroxylation is 1. The van der Waals surface area contributed by atoms with Crippen LogP contribution in [0.15, 0.2) is 42.7 Å². The maximum atomic E-state index is 13.5. The van der Waals surface area contributed by atoms with Gasteiger partial charge in [-0.25, -0.2) is 9.37 Å². The van der Waals surface area contributed by atoms with E-state index in [0.717, 1.165) is 28.9 Å². The molecular weight excluding hydrogens is 537 g/mol. The van der Waals surface area contributed by atoms with Crippen molar-refractivity contribution >= 4 is 31.7 Å². The van der Waals surface area contributed by atoms with Crippen LogP contribution in [0.3, 0.4) is 0 Å². The summed E-state index contributed by atoms with van der Waals surface area (Å²) in [4.78, 5) is 15.7. The molecule has 0 unspecified atom stereocenters. The van der Waals surface area contributed by atoms with Gasteiger partial charge in [0.1, 0.15) is 5.82 Å². The van der Waals surface area contributed by atoms with Crippen LogP contribution < -0.4 is 4.90 Å². The van der Waals surface area contributed by atoms with E-state index in [9.17, 15) is 22.4 Å². The van der Waals surface area contributed by atoms with Gasteiger partial charge in [-0.15, -0.1) is 13.1 Å². The van der Waals surface area contributed by atoms with Crippen molar-refractivity contribution in [1.82, 2.24) is 9.55 Å². The van der Waals surface area contributed by atoms with Crippen molar-refractivity contribution in [3.8, 4) is 0 Å². The number of rotatable bonds is 7. The van der Waals surface area contributed by atoms with Gasteiger partial charge in [-0.05, 0) is 57.2 Å². The molecule has 200 valence electrons. The third-order valence-electron chi connectivity index (χ3n) is 4.71. The summed E-state index contributed by atoms with van der Waals surface area (Å²) >= 11 is 3.68. The van der Waals surface area contributed by atoms with Crippen molar-refractivity contribution in [2.45, 2.75) is 39.0 Å². The van der Waals surface area contributed by atoms with Crippen LogP contribution in [0.1, 0.15) is 31.9 Å². The van der Waals surface area contributed by atoms with Crippen molar-refractivity contribution in [2.24, 2.45) is 7.05 Å². The predicted octanol–water partition coefficient (Wildman–Crippen LogP) is 5.30. The van der Waals surface area contributed by atoms with E-state index >= 15 is 0 Å². The molecule has 0 bridgehead atoms. The molecule has 3 aromatic rings. The molecule has 0 aliphatic heterocycles. The van der Waals surface area contributed by atoms with Gasteiger partial charge in [-0.3, -0.25) is 0 Å². The number of carbonyl (C=O) groups excluding carboxylic acids is 1. The Morgan fingerprint density at radius 1 is 1.19 bits per heavy atom. The predicted molar refractivity (Wildman–Crippen MR) is 130 cm³/mol. The SMILES string of the molecule is CC(C)(C)O[C-]=O.[CH2-]CN(C[CH-]Cc1cc(F)cc(C(F)(F)F)c1)c1ccc2ncn(C)c2c1.[Si]=[Ni]. The Bertz CT molecular complexity index is 1120.